The summed E-state index contributed by atoms with van der Waals surface area (Å²) in [6.07, 6.45) is 2.68. The van der Waals surface area contributed by atoms with Crippen LogP contribution >= 0.6 is 0 Å². The van der Waals surface area contributed by atoms with Crippen molar-refractivity contribution in [2.45, 2.75) is 18.7 Å². The van der Waals surface area contributed by atoms with E-state index in [1.807, 2.05) is 24.3 Å². The lowest BCUT2D eigenvalue weighted by Crippen LogP contribution is -2.45. The number of oxazole rings is 1. The van der Waals surface area contributed by atoms with Gasteiger partial charge in [-0.2, -0.15) is 0 Å². The van der Waals surface area contributed by atoms with Gasteiger partial charge >= 0.3 is 0 Å². The second-order valence-corrected chi connectivity index (χ2v) is 6.76. The smallest absolute Gasteiger partial charge is 0.238 e. The molecule has 1 aliphatic carbocycles. The number of allylic oxidation sites excluding steroid dienone is 2. The summed E-state index contributed by atoms with van der Waals surface area (Å²) in [6, 6.07) is 18.1. The Balaban J connectivity index is 1.80. The zero-order valence-electron chi connectivity index (χ0n) is 15.7. The summed E-state index contributed by atoms with van der Waals surface area (Å²) in [5, 5.41) is 13.5. The highest BCUT2D eigenvalue weighted by Crippen LogP contribution is 2.45. The zero-order valence-corrected chi connectivity index (χ0v) is 15.7. The summed E-state index contributed by atoms with van der Waals surface area (Å²) in [4.78, 5) is 15.8. The minimum atomic E-state index is -2.51. The van der Waals surface area contributed by atoms with Gasteiger partial charge in [-0.3, -0.25) is 4.79 Å². The van der Waals surface area contributed by atoms with Gasteiger partial charge in [-0.25, -0.2) is 9.37 Å². The number of amides is 1. The van der Waals surface area contributed by atoms with E-state index in [0.717, 1.165) is 0 Å². The van der Waals surface area contributed by atoms with E-state index in [2.05, 4.69) is 10.3 Å². The van der Waals surface area contributed by atoms with E-state index >= 15 is 4.39 Å². The maximum atomic E-state index is 16.5. The number of benzene rings is 2. The number of nitrogens with one attached hydrogen (secondary N) is 1. The number of alkyl halides is 1. The van der Waals surface area contributed by atoms with Gasteiger partial charge in [0.2, 0.25) is 17.5 Å². The fourth-order valence-corrected chi connectivity index (χ4v) is 3.38. The number of aromatic nitrogens is 1. The number of halogens is 1. The fraction of sp³-hybridized carbons (Fsp3) is 0.130. The Kier molecular flexibility index (Phi) is 4.86. The molecular weight excluding hydrogens is 371 g/mol. The van der Waals surface area contributed by atoms with Crippen molar-refractivity contribution in [3.8, 4) is 11.5 Å². The van der Waals surface area contributed by atoms with Crippen LogP contribution in [0.3, 0.4) is 0 Å². The van der Waals surface area contributed by atoms with Crippen LogP contribution in [0.4, 0.5) is 4.39 Å². The number of nitrogens with zero attached hydrogens (tertiary/aromatic N) is 1. The molecule has 2 N–H and O–H groups in total. The van der Waals surface area contributed by atoms with Gasteiger partial charge in [0.1, 0.15) is 6.10 Å². The number of carbonyl (C=O) groups is 1. The lowest BCUT2D eigenvalue weighted by molar-refractivity contribution is -0.119. The molecule has 146 valence electrons. The van der Waals surface area contributed by atoms with Crippen molar-refractivity contribution in [1.82, 2.24) is 10.3 Å². The van der Waals surface area contributed by atoms with E-state index in [1.54, 1.807) is 42.5 Å². The van der Waals surface area contributed by atoms with E-state index in [9.17, 15) is 9.90 Å². The molecule has 0 spiro atoms. The van der Waals surface area contributed by atoms with Crippen molar-refractivity contribution in [3.05, 3.63) is 96.0 Å². The first-order valence-electron chi connectivity index (χ1n) is 9.14. The maximum Gasteiger partial charge on any atom is 0.238 e. The average Bonchev–Trinajstić information content (AvgIpc) is 3.23. The van der Waals surface area contributed by atoms with Gasteiger partial charge in [-0.1, -0.05) is 54.6 Å². The van der Waals surface area contributed by atoms with Gasteiger partial charge < -0.3 is 14.8 Å². The molecule has 1 aliphatic rings. The molecule has 0 saturated carbocycles. The molecule has 6 heteroatoms. The highest BCUT2D eigenvalue weighted by molar-refractivity contribution is 5.79. The highest BCUT2D eigenvalue weighted by Gasteiger charge is 2.51. The molecule has 29 heavy (non-hydrogen) atoms. The molecule has 2 aromatic carbocycles. The molecule has 0 fully saturated rings. The van der Waals surface area contributed by atoms with Crippen LogP contribution in [0.1, 0.15) is 18.2 Å². The third kappa shape index (κ3) is 3.39. The van der Waals surface area contributed by atoms with Crippen molar-refractivity contribution in [1.29, 1.82) is 0 Å². The first-order chi connectivity index (χ1) is 14.0. The van der Waals surface area contributed by atoms with E-state index in [1.165, 1.54) is 19.2 Å². The molecule has 0 saturated heterocycles. The minimum Gasteiger partial charge on any atom is -0.437 e. The molecule has 5 nitrogen and oxygen atoms in total. The highest BCUT2D eigenvalue weighted by atomic mass is 19.1. The van der Waals surface area contributed by atoms with E-state index in [4.69, 9.17) is 4.42 Å². The van der Waals surface area contributed by atoms with Crippen molar-refractivity contribution >= 4 is 11.5 Å². The molecular formula is C23H19FN2O3. The molecule has 0 radical (unpaired) electrons. The Bertz CT molecular complexity index is 1090. The quantitative estimate of drug-likeness (QED) is 0.707. The van der Waals surface area contributed by atoms with E-state index < -0.39 is 17.7 Å². The number of aliphatic hydroxyl groups is 1. The Morgan fingerprint density at radius 1 is 1.07 bits per heavy atom. The molecule has 1 heterocycles. The number of hydrogen-bond donors (Lipinski definition) is 2. The van der Waals surface area contributed by atoms with E-state index in [-0.39, 0.29) is 17.3 Å². The topological polar surface area (TPSA) is 75.4 Å². The molecule has 2 atom stereocenters. The number of carbonyl (C=O) groups excluding carboxylic acids is 1. The third-order valence-corrected chi connectivity index (χ3v) is 4.80. The summed E-state index contributed by atoms with van der Waals surface area (Å²) in [7, 11) is 0. The van der Waals surface area contributed by atoms with Gasteiger partial charge in [0.15, 0.2) is 5.76 Å². The maximum absolute atomic E-state index is 16.5. The van der Waals surface area contributed by atoms with Gasteiger partial charge in [0.05, 0.1) is 11.9 Å². The van der Waals surface area contributed by atoms with Crippen LogP contribution in [0.15, 0.2) is 89.1 Å². The van der Waals surface area contributed by atoms with Crippen LogP contribution in [-0.4, -0.2) is 22.1 Å². The number of aliphatic hydroxyl groups excluding tert-OH is 1. The van der Waals surface area contributed by atoms with E-state index in [0.29, 0.717) is 16.7 Å². The molecule has 0 aliphatic heterocycles. The summed E-state index contributed by atoms with van der Waals surface area (Å²) < 4.78 is 22.2. The normalized spacial score (nSPS) is 21.3. The van der Waals surface area contributed by atoms with Crippen molar-refractivity contribution in [2.75, 3.05) is 0 Å². The van der Waals surface area contributed by atoms with Crippen molar-refractivity contribution in [2.24, 2.45) is 0 Å². The predicted molar refractivity (Wildman–Crippen MR) is 107 cm³/mol. The largest absolute Gasteiger partial charge is 0.437 e. The molecule has 1 amide bonds. The van der Waals surface area contributed by atoms with Crippen molar-refractivity contribution < 1.29 is 18.7 Å². The molecule has 3 aromatic rings. The van der Waals surface area contributed by atoms with Gasteiger partial charge in [0.25, 0.3) is 0 Å². The van der Waals surface area contributed by atoms with Crippen molar-refractivity contribution in [3.63, 3.8) is 0 Å². The van der Waals surface area contributed by atoms with Crippen LogP contribution in [0, 0.1) is 0 Å². The second-order valence-electron chi connectivity index (χ2n) is 6.76. The fourth-order valence-electron chi connectivity index (χ4n) is 3.38. The average molecular weight is 390 g/mol. The van der Waals surface area contributed by atoms with Crippen LogP contribution < -0.4 is 5.32 Å². The van der Waals surface area contributed by atoms with Crippen LogP contribution in [0.5, 0.6) is 0 Å². The molecule has 2 unspecified atom stereocenters. The molecule has 0 bridgehead atoms. The first-order valence-corrected chi connectivity index (χ1v) is 9.14. The Morgan fingerprint density at radius 2 is 1.69 bits per heavy atom. The van der Waals surface area contributed by atoms with Gasteiger partial charge in [-0.05, 0) is 29.3 Å². The standard InChI is InChI=1S/C23H19FN2O3/c1-15(27)26-19-13-12-18(16-8-4-2-5-9-16)21(28)23(19,24)20-14-25-22(29-20)17-10-6-3-7-11-17/h2-14,21,28H,1H3,(H,26,27). The van der Waals surface area contributed by atoms with Crippen LogP contribution in [0.25, 0.3) is 17.0 Å². The van der Waals surface area contributed by atoms with Gasteiger partial charge in [-0.15, -0.1) is 0 Å². The molecule has 4 rings (SSSR count). The summed E-state index contributed by atoms with van der Waals surface area (Å²) >= 11 is 0. The summed E-state index contributed by atoms with van der Waals surface area (Å²) in [5.74, 6) is -0.418. The number of rotatable bonds is 4. The zero-order chi connectivity index (χ0) is 20.4. The van der Waals surface area contributed by atoms with Gasteiger partial charge in [0, 0.05) is 12.5 Å². The monoisotopic (exact) mass is 390 g/mol. The summed E-state index contributed by atoms with van der Waals surface area (Å²) in [5.41, 5.74) is -0.890. The summed E-state index contributed by atoms with van der Waals surface area (Å²) in [6.45, 7) is 1.28. The number of hydrogen-bond acceptors (Lipinski definition) is 4. The Morgan fingerprint density at radius 3 is 2.31 bits per heavy atom. The lowest BCUT2D eigenvalue weighted by atomic mass is 9.81. The Hall–Kier alpha value is -3.51. The first kappa shape index (κ1) is 18.8. The third-order valence-electron chi connectivity index (χ3n) is 4.80. The van der Waals surface area contributed by atoms with Crippen LogP contribution in [0.2, 0.25) is 0 Å². The molecule has 1 aromatic heterocycles. The Labute approximate surface area is 167 Å². The minimum absolute atomic E-state index is 0.104. The predicted octanol–water partition coefficient (Wildman–Crippen LogP) is 3.98. The second kappa shape index (κ2) is 7.48. The van der Waals surface area contributed by atoms with Crippen LogP contribution in [-0.2, 0) is 10.5 Å². The SMILES string of the molecule is CC(=O)NC1=CC=C(c2ccccc2)C(O)C1(F)c1cnc(-c2ccccc2)o1. The lowest BCUT2D eigenvalue weighted by Gasteiger charge is -2.34.